The lowest BCUT2D eigenvalue weighted by Crippen LogP contribution is -2.32. The lowest BCUT2D eigenvalue weighted by atomic mass is 9.88. The number of nitrogens with one attached hydrogen (secondary N) is 1. The molecule has 0 radical (unpaired) electrons. The summed E-state index contributed by atoms with van der Waals surface area (Å²) in [6, 6.07) is 13.3. The van der Waals surface area contributed by atoms with Crippen molar-refractivity contribution in [1.82, 2.24) is 33.8 Å². The van der Waals surface area contributed by atoms with E-state index in [0.717, 1.165) is 36.8 Å². The zero-order valence-electron chi connectivity index (χ0n) is 35.0. The number of benzene rings is 2. The van der Waals surface area contributed by atoms with Crippen molar-refractivity contribution in [3.8, 4) is 22.3 Å². The summed E-state index contributed by atoms with van der Waals surface area (Å²) in [5.41, 5.74) is 5.09. The van der Waals surface area contributed by atoms with Gasteiger partial charge < -0.3 is 14.2 Å². The maximum Gasteiger partial charge on any atom is 0.307 e. The van der Waals surface area contributed by atoms with Crippen LogP contribution in [0.4, 0.5) is 8.78 Å². The van der Waals surface area contributed by atoms with E-state index in [4.69, 9.17) is 10.2 Å². The van der Waals surface area contributed by atoms with E-state index in [9.17, 15) is 35.2 Å². The Hall–Kier alpha value is -6.18. The molecule has 340 valence electrons. The van der Waals surface area contributed by atoms with Gasteiger partial charge in [-0.2, -0.15) is 8.42 Å². The number of carboxylic acid groups (broad SMARTS) is 1. The highest BCUT2D eigenvalue weighted by Crippen LogP contribution is 2.36. The number of hydrogen-bond acceptors (Lipinski definition) is 10. The largest absolute Gasteiger partial charge is 0.481 e. The Morgan fingerprint density at radius 2 is 1.19 bits per heavy atom. The van der Waals surface area contributed by atoms with E-state index in [2.05, 4.69) is 24.7 Å². The Morgan fingerprint density at radius 3 is 1.56 bits per heavy atom. The Balaban J connectivity index is 0.000000199. The third-order valence-electron chi connectivity index (χ3n) is 10.3. The van der Waals surface area contributed by atoms with Crippen molar-refractivity contribution >= 4 is 31.9 Å². The smallest absolute Gasteiger partial charge is 0.307 e. The Labute approximate surface area is 372 Å². The van der Waals surface area contributed by atoms with E-state index in [0.29, 0.717) is 39.4 Å². The maximum absolute atomic E-state index is 14.3. The predicted molar refractivity (Wildman–Crippen MR) is 237 cm³/mol. The van der Waals surface area contributed by atoms with Crippen LogP contribution in [0.1, 0.15) is 107 Å². The fourth-order valence-corrected chi connectivity index (χ4v) is 8.30. The molecule has 0 saturated heterocycles. The van der Waals surface area contributed by atoms with Crippen molar-refractivity contribution in [2.24, 2.45) is 5.14 Å². The van der Waals surface area contributed by atoms with Crippen molar-refractivity contribution in [3.05, 3.63) is 132 Å². The van der Waals surface area contributed by atoms with E-state index in [1.54, 1.807) is 58.2 Å². The average Bonchev–Trinajstić information content (AvgIpc) is 4.16. The zero-order chi connectivity index (χ0) is 45.6. The molecule has 0 bridgehead atoms. The third-order valence-corrected chi connectivity index (χ3v) is 12.3. The summed E-state index contributed by atoms with van der Waals surface area (Å²) in [4.78, 5) is 39.6. The molecule has 8 rings (SSSR count). The van der Waals surface area contributed by atoms with Gasteiger partial charge in [-0.1, -0.05) is 47.3 Å². The fourth-order valence-electron chi connectivity index (χ4n) is 6.92. The standard InChI is InChI=1S/C22H23FN4O3S.C16H16FNO2.C6H9N3O2S.CH4/c1-14(2)18-8-16(23)9-19(15-4-3-7-24-11-15)20(18)10-21(28)26-31(29,30)22-12-27(13-25-22)17-5-6-17;1-10(2)13-6-12(17)7-14(15(13)8-16(19)20)11-4-3-5-18-9-11;7-12(10,11)6-3-9(4-8-6)5-1-2-5;/h3-4,7-9,11-14,17H,5-6,10H2,1-2H3,(H,26,28);3-7,9-10H,8H2,1-2H3,(H,19,20);3-5H,1-2H2,(H2,7,10,11);1H4. The van der Waals surface area contributed by atoms with Gasteiger partial charge in [0, 0.05) is 60.4 Å². The van der Waals surface area contributed by atoms with Gasteiger partial charge in [0.15, 0.2) is 10.1 Å². The summed E-state index contributed by atoms with van der Waals surface area (Å²) in [5.74, 6) is -2.44. The summed E-state index contributed by atoms with van der Waals surface area (Å²) < 4.78 is 80.7. The van der Waals surface area contributed by atoms with Gasteiger partial charge in [0.1, 0.15) is 11.6 Å². The minimum Gasteiger partial charge on any atom is -0.481 e. The molecule has 2 saturated carbocycles. The molecular formula is C45H52F2N8O7S2. The van der Waals surface area contributed by atoms with Gasteiger partial charge in [0.2, 0.25) is 5.91 Å². The number of aliphatic carboxylic acids is 1. The van der Waals surface area contributed by atoms with Gasteiger partial charge in [-0.15, -0.1) is 0 Å². The Bertz CT molecular complexity index is 2810. The fraction of sp³-hybridized carbons (Fsp3) is 0.333. The third kappa shape index (κ3) is 12.7. The van der Waals surface area contributed by atoms with Crippen LogP contribution in [-0.2, 0) is 42.5 Å². The van der Waals surface area contributed by atoms with Gasteiger partial charge in [0.05, 0.1) is 25.5 Å². The van der Waals surface area contributed by atoms with Crippen molar-refractivity contribution < 1.29 is 40.3 Å². The molecule has 2 aliphatic rings. The molecule has 64 heavy (non-hydrogen) atoms. The molecule has 19 heteroatoms. The summed E-state index contributed by atoms with van der Waals surface area (Å²) in [6.07, 6.45) is 16.1. The molecule has 0 unspecified atom stereocenters. The Kier molecular flexibility index (Phi) is 15.7. The number of sulfonamides is 2. The SMILES string of the molecule is C.CC(C)c1cc(F)cc(-c2cccnc2)c1CC(=O)NS(=O)(=O)c1cn(C2CC2)cn1.CC(C)c1cc(F)cc(-c2cccnc2)c1CC(=O)O.NS(=O)(=O)c1cn(C2CC2)cn1. The number of carbonyl (C=O) groups excluding carboxylic acids is 1. The van der Waals surface area contributed by atoms with Crippen LogP contribution in [0.15, 0.2) is 108 Å². The number of pyridine rings is 2. The summed E-state index contributed by atoms with van der Waals surface area (Å²) in [6.45, 7) is 7.63. The second-order valence-electron chi connectivity index (χ2n) is 15.9. The highest BCUT2D eigenvalue weighted by molar-refractivity contribution is 7.90. The van der Waals surface area contributed by atoms with E-state index in [1.165, 1.54) is 49.3 Å². The quantitative estimate of drug-likeness (QED) is 0.102. The van der Waals surface area contributed by atoms with Crippen LogP contribution in [0.2, 0.25) is 0 Å². The molecule has 2 fully saturated rings. The minimum atomic E-state index is -4.10. The first-order valence-electron chi connectivity index (χ1n) is 20.1. The molecule has 1 amide bonds. The van der Waals surface area contributed by atoms with Crippen molar-refractivity contribution in [2.45, 2.75) is 108 Å². The van der Waals surface area contributed by atoms with E-state index >= 15 is 0 Å². The first kappa shape index (κ1) is 48.8. The summed E-state index contributed by atoms with van der Waals surface area (Å²) in [5, 5.41) is 13.8. The van der Waals surface area contributed by atoms with Gasteiger partial charge in [-0.3, -0.25) is 19.6 Å². The van der Waals surface area contributed by atoms with Gasteiger partial charge >= 0.3 is 5.97 Å². The molecule has 6 aromatic rings. The first-order chi connectivity index (χ1) is 29.8. The second kappa shape index (κ2) is 20.5. The monoisotopic (exact) mass is 918 g/mol. The molecule has 2 aliphatic carbocycles. The molecule has 4 aromatic heterocycles. The number of hydrogen-bond donors (Lipinski definition) is 3. The average molecular weight is 919 g/mol. The number of amides is 1. The molecule has 0 spiro atoms. The van der Waals surface area contributed by atoms with Gasteiger partial charge in [-0.25, -0.2) is 37.0 Å². The maximum atomic E-state index is 14.3. The van der Waals surface area contributed by atoms with E-state index in [-0.39, 0.29) is 54.0 Å². The molecule has 4 N–H and O–H groups in total. The number of nitrogens with zero attached hydrogens (tertiary/aromatic N) is 6. The number of aromatic nitrogens is 6. The van der Waals surface area contributed by atoms with Crippen LogP contribution in [0, 0.1) is 11.6 Å². The molecular weight excluding hydrogens is 867 g/mol. The molecule has 0 aliphatic heterocycles. The highest BCUT2D eigenvalue weighted by atomic mass is 32.2. The first-order valence-corrected chi connectivity index (χ1v) is 23.2. The van der Waals surface area contributed by atoms with Crippen LogP contribution in [0.5, 0.6) is 0 Å². The number of halogens is 2. The van der Waals surface area contributed by atoms with Crippen LogP contribution < -0.4 is 9.86 Å². The van der Waals surface area contributed by atoms with Crippen molar-refractivity contribution in [2.75, 3.05) is 0 Å². The van der Waals surface area contributed by atoms with Gasteiger partial charge in [-0.05, 0) is 107 Å². The van der Waals surface area contributed by atoms with Crippen LogP contribution >= 0.6 is 0 Å². The van der Waals surface area contributed by atoms with Gasteiger partial charge in [0.25, 0.3) is 20.0 Å². The number of rotatable bonds is 13. The lowest BCUT2D eigenvalue weighted by Gasteiger charge is -2.18. The van der Waals surface area contributed by atoms with Crippen LogP contribution in [0.3, 0.4) is 0 Å². The van der Waals surface area contributed by atoms with E-state index < -0.39 is 37.7 Å². The van der Waals surface area contributed by atoms with Crippen molar-refractivity contribution in [3.63, 3.8) is 0 Å². The number of nitrogens with two attached hydrogens (primary N) is 1. The van der Waals surface area contributed by atoms with Crippen molar-refractivity contribution in [1.29, 1.82) is 0 Å². The Morgan fingerprint density at radius 1 is 0.750 bits per heavy atom. The molecule has 4 heterocycles. The van der Waals surface area contributed by atoms with E-state index in [1.807, 2.05) is 27.7 Å². The second-order valence-corrected chi connectivity index (χ2v) is 19.1. The van der Waals surface area contributed by atoms with Crippen LogP contribution in [-0.4, -0.2) is 62.9 Å². The number of primary sulfonamides is 1. The zero-order valence-corrected chi connectivity index (χ0v) is 36.7. The normalized spacial score (nSPS) is 13.6. The van der Waals surface area contributed by atoms with Crippen LogP contribution in [0.25, 0.3) is 22.3 Å². The highest BCUT2D eigenvalue weighted by Gasteiger charge is 2.28. The minimum absolute atomic E-state index is 0. The summed E-state index contributed by atoms with van der Waals surface area (Å²) >= 11 is 0. The molecule has 2 aromatic carbocycles. The number of carboxylic acids is 1. The molecule has 15 nitrogen and oxygen atoms in total. The number of imidazole rings is 2. The summed E-state index contributed by atoms with van der Waals surface area (Å²) in [7, 11) is -7.72. The number of carbonyl (C=O) groups is 2. The predicted octanol–water partition coefficient (Wildman–Crippen LogP) is 7.73. The molecule has 0 atom stereocenters. The lowest BCUT2D eigenvalue weighted by molar-refractivity contribution is -0.136. The topological polar surface area (TPSA) is 222 Å².